The van der Waals surface area contributed by atoms with E-state index in [9.17, 15) is 4.79 Å². The lowest BCUT2D eigenvalue weighted by molar-refractivity contribution is -0.127. The Hall–Kier alpha value is -3.45. The highest BCUT2D eigenvalue weighted by atomic mass is 16.5. The third kappa shape index (κ3) is 5.42. The lowest BCUT2D eigenvalue weighted by Gasteiger charge is -2.33. The van der Waals surface area contributed by atoms with E-state index in [2.05, 4.69) is 34.1 Å². The number of rotatable bonds is 7. The number of carbonyl (C=O) groups excluding carboxylic acids is 1. The van der Waals surface area contributed by atoms with Crippen LogP contribution in [0.3, 0.4) is 0 Å². The lowest BCUT2D eigenvalue weighted by Crippen LogP contribution is -2.47. The summed E-state index contributed by atoms with van der Waals surface area (Å²) < 4.78 is 10.6. The van der Waals surface area contributed by atoms with E-state index < -0.39 is 0 Å². The SMILES string of the molecule is CCc1ccc(/C=C/C(=O)N2CCN(Cc3nc(-c4ccc(OC)cc4)no3)CC2)cc1. The largest absolute Gasteiger partial charge is 0.497 e. The first-order chi connectivity index (χ1) is 15.6. The normalized spacial score (nSPS) is 14.8. The molecule has 1 amide bonds. The van der Waals surface area contributed by atoms with E-state index in [1.165, 1.54) is 5.56 Å². The number of amides is 1. The van der Waals surface area contributed by atoms with Gasteiger partial charge in [-0.3, -0.25) is 9.69 Å². The Kier molecular flexibility index (Phi) is 6.97. The molecule has 0 aliphatic carbocycles. The Bertz CT molecular complexity index is 1050. The Labute approximate surface area is 188 Å². The second kappa shape index (κ2) is 10.2. The number of benzene rings is 2. The number of ether oxygens (including phenoxy) is 1. The van der Waals surface area contributed by atoms with E-state index in [0.717, 1.165) is 36.4 Å². The number of hydrogen-bond acceptors (Lipinski definition) is 6. The van der Waals surface area contributed by atoms with Crippen LogP contribution in [0.4, 0.5) is 0 Å². The van der Waals surface area contributed by atoms with Gasteiger partial charge in [0.2, 0.25) is 17.6 Å². The van der Waals surface area contributed by atoms with Crippen molar-refractivity contribution in [1.82, 2.24) is 19.9 Å². The first-order valence-corrected chi connectivity index (χ1v) is 10.9. The minimum absolute atomic E-state index is 0.0452. The third-order valence-electron chi connectivity index (χ3n) is 5.67. The molecular formula is C25H28N4O3. The smallest absolute Gasteiger partial charge is 0.246 e. The van der Waals surface area contributed by atoms with Crippen LogP contribution in [0, 0.1) is 0 Å². The molecule has 32 heavy (non-hydrogen) atoms. The van der Waals surface area contributed by atoms with E-state index >= 15 is 0 Å². The van der Waals surface area contributed by atoms with Crippen LogP contribution in [0.1, 0.15) is 23.9 Å². The van der Waals surface area contributed by atoms with Crippen molar-refractivity contribution in [2.45, 2.75) is 19.9 Å². The van der Waals surface area contributed by atoms with Crippen LogP contribution < -0.4 is 4.74 Å². The van der Waals surface area contributed by atoms with Crippen LogP contribution >= 0.6 is 0 Å². The molecule has 1 aliphatic heterocycles. The maximum atomic E-state index is 12.5. The molecule has 1 aromatic heterocycles. The van der Waals surface area contributed by atoms with Crippen molar-refractivity contribution in [3.8, 4) is 17.1 Å². The van der Waals surface area contributed by atoms with Gasteiger partial charge in [0, 0.05) is 37.8 Å². The summed E-state index contributed by atoms with van der Waals surface area (Å²) in [6.07, 6.45) is 4.56. The van der Waals surface area contributed by atoms with Gasteiger partial charge in [0.15, 0.2) is 0 Å². The zero-order valence-electron chi connectivity index (χ0n) is 18.5. The topological polar surface area (TPSA) is 71.7 Å². The third-order valence-corrected chi connectivity index (χ3v) is 5.67. The fraction of sp³-hybridized carbons (Fsp3) is 0.320. The van der Waals surface area contributed by atoms with Gasteiger partial charge >= 0.3 is 0 Å². The molecule has 0 spiro atoms. The predicted molar refractivity (Wildman–Crippen MR) is 123 cm³/mol. The molecular weight excluding hydrogens is 404 g/mol. The molecule has 0 unspecified atom stereocenters. The summed E-state index contributed by atoms with van der Waals surface area (Å²) in [4.78, 5) is 21.1. The summed E-state index contributed by atoms with van der Waals surface area (Å²) in [5.41, 5.74) is 3.22. The molecule has 0 bridgehead atoms. The van der Waals surface area contributed by atoms with Crippen LogP contribution in [-0.2, 0) is 17.8 Å². The van der Waals surface area contributed by atoms with Crippen LogP contribution in [0.2, 0.25) is 0 Å². The average Bonchev–Trinajstić information content (AvgIpc) is 3.32. The zero-order valence-corrected chi connectivity index (χ0v) is 18.5. The molecule has 0 saturated carbocycles. The van der Waals surface area contributed by atoms with Gasteiger partial charge in [-0.2, -0.15) is 4.98 Å². The summed E-state index contributed by atoms with van der Waals surface area (Å²) in [5.74, 6) is 1.97. The van der Waals surface area contributed by atoms with Crippen LogP contribution in [-0.4, -0.2) is 59.1 Å². The molecule has 1 aliphatic rings. The monoisotopic (exact) mass is 432 g/mol. The molecule has 0 radical (unpaired) electrons. The fourth-order valence-corrected chi connectivity index (χ4v) is 3.63. The first-order valence-electron chi connectivity index (χ1n) is 10.9. The molecule has 2 aromatic carbocycles. The zero-order chi connectivity index (χ0) is 22.3. The van der Waals surface area contributed by atoms with Crippen LogP contribution in [0.5, 0.6) is 5.75 Å². The molecule has 1 saturated heterocycles. The molecule has 2 heterocycles. The van der Waals surface area contributed by atoms with Crippen molar-refractivity contribution in [1.29, 1.82) is 0 Å². The molecule has 7 nitrogen and oxygen atoms in total. The summed E-state index contributed by atoms with van der Waals surface area (Å²) in [6, 6.07) is 15.8. The van der Waals surface area contributed by atoms with Crippen molar-refractivity contribution in [3.05, 3.63) is 71.6 Å². The highest BCUT2D eigenvalue weighted by molar-refractivity contribution is 5.91. The highest BCUT2D eigenvalue weighted by Gasteiger charge is 2.21. The van der Waals surface area contributed by atoms with Crippen LogP contribution in [0.15, 0.2) is 59.1 Å². The summed E-state index contributed by atoms with van der Waals surface area (Å²) >= 11 is 0. The van der Waals surface area contributed by atoms with Crippen molar-refractivity contribution in [3.63, 3.8) is 0 Å². The van der Waals surface area contributed by atoms with Gasteiger partial charge in [-0.05, 0) is 47.9 Å². The number of nitrogens with zero attached hydrogens (tertiary/aromatic N) is 4. The summed E-state index contributed by atoms with van der Waals surface area (Å²) in [6.45, 7) is 5.60. The summed E-state index contributed by atoms with van der Waals surface area (Å²) in [5, 5.41) is 4.09. The van der Waals surface area contributed by atoms with E-state index in [-0.39, 0.29) is 5.91 Å². The van der Waals surface area contributed by atoms with Gasteiger partial charge in [-0.1, -0.05) is 36.3 Å². The number of methoxy groups -OCH3 is 1. The Morgan fingerprint density at radius 3 is 2.44 bits per heavy atom. The molecule has 166 valence electrons. The minimum atomic E-state index is 0.0452. The molecule has 3 aromatic rings. The van der Waals surface area contributed by atoms with Gasteiger partial charge in [0.1, 0.15) is 5.75 Å². The Balaban J connectivity index is 1.26. The second-order valence-corrected chi connectivity index (χ2v) is 7.77. The Morgan fingerprint density at radius 1 is 1.06 bits per heavy atom. The van der Waals surface area contributed by atoms with Gasteiger partial charge < -0.3 is 14.2 Å². The maximum absolute atomic E-state index is 12.5. The van der Waals surface area contributed by atoms with E-state index in [4.69, 9.17) is 9.26 Å². The molecule has 7 heteroatoms. The van der Waals surface area contributed by atoms with Gasteiger partial charge in [-0.25, -0.2) is 0 Å². The van der Waals surface area contributed by atoms with Gasteiger partial charge in [0.05, 0.1) is 13.7 Å². The standard InChI is InChI=1S/C25H28N4O3/c1-3-19-4-6-20(7-5-19)8-13-24(30)29-16-14-28(15-17-29)18-23-26-25(27-32-23)21-9-11-22(31-2)12-10-21/h4-13H,3,14-18H2,1-2H3/b13-8+. The highest BCUT2D eigenvalue weighted by Crippen LogP contribution is 2.20. The number of aryl methyl sites for hydroxylation is 1. The summed E-state index contributed by atoms with van der Waals surface area (Å²) in [7, 11) is 1.64. The van der Waals surface area contributed by atoms with Crippen molar-refractivity contribution in [2.24, 2.45) is 0 Å². The quantitative estimate of drug-likeness (QED) is 0.531. The number of aromatic nitrogens is 2. The van der Waals surface area contributed by atoms with Crippen molar-refractivity contribution >= 4 is 12.0 Å². The number of hydrogen-bond donors (Lipinski definition) is 0. The first kappa shape index (κ1) is 21.8. The average molecular weight is 433 g/mol. The number of carbonyl (C=O) groups is 1. The number of piperazine rings is 1. The van der Waals surface area contributed by atoms with Crippen LogP contribution in [0.25, 0.3) is 17.5 Å². The van der Waals surface area contributed by atoms with E-state index in [1.807, 2.05) is 47.4 Å². The second-order valence-electron chi connectivity index (χ2n) is 7.77. The molecule has 0 atom stereocenters. The van der Waals surface area contributed by atoms with Gasteiger partial charge in [-0.15, -0.1) is 0 Å². The van der Waals surface area contributed by atoms with Gasteiger partial charge in [0.25, 0.3) is 0 Å². The maximum Gasteiger partial charge on any atom is 0.246 e. The van der Waals surface area contributed by atoms with E-state index in [1.54, 1.807) is 13.2 Å². The Morgan fingerprint density at radius 2 is 1.78 bits per heavy atom. The molecule has 4 rings (SSSR count). The molecule has 0 N–H and O–H groups in total. The molecule has 1 fully saturated rings. The lowest BCUT2D eigenvalue weighted by atomic mass is 10.1. The predicted octanol–water partition coefficient (Wildman–Crippen LogP) is 3.67. The van der Waals surface area contributed by atoms with Crippen molar-refractivity contribution < 1.29 is 14.1 Å². The fourth-order valence-electron chi connectivity index (χ4n) is 3.63. The van der Waals surface area contributed by atoms with E-state index in [0.29, 0.717) is 31.3 Å². The van der Waals surface area contributed by atoms with Crippen molar-refractivity contribution in [2.75, 3.05) is 33.3 Å². The minimum Gasteiger partial charge on any atom is -0.497 e.